The van der Waals surface area contributed by atoms with Crippen LogP contribution in [0.4, 0.5) is 0 Å². The van der Waals surface area contributed by atoms with Crippen molar-refractivity contribution in [2.24, 2.45) is 0 Å². The van der Waals surface area contributed by atoms with E-state index in [1.165, 1.54) is 10.9 Å². The van der Waals surface area contributed by atoms with Gasteiger partial charge in [0.15, 0.2) is 0 Å². The third-order valence-electron chi connectivity index (χ3n) is 3.95. The van der Waals surface area contributed by atoms with Gasteiger partial charge in [0, 0.05) is 24.8 Å². The maximum atomic E-state index is 12.1. The van der Waals surface area contributed by atoms with Crippen molar-refractivity contribution in [3.63, 3.8) is 0 Å². The zero-order chi connectivity index (χ0) is 16.8. The van der Waals surface area contributed by atoms with Crippen LogP contribution in [0.25, 0.3) is 10.9 Å². The molecule has 0 spiro atoms. The maximum absolute atomic E-state index is 12.1. The first-order valence-corrected chi connectivity index (χ1v) is 8.28. The fourth-order valence-corrected chi connectivity index (χ4v) is 2.77. The molecule has 4 nitrogen and oxygen atoms in total. The zero-order valence-electron chi connectivity index (χ0n) is 13.9. The summed E-state index contributed by atoms with van der Waals surface area (Å²) in [5, 5.41) is 4.20. The van der Waals surface area contributed by atoms with E-state index in [2.05, 4.69) is 34.3 Å². The van der Waals surface area contributed by atoms with Gasteiger partial charge < -0.3 is 14.6 Å². The predicted octanol–water partition coefficient (Wildman–Crippen LogP) is 3.40. The molecule has 4 heteroatoms. The van der Waals surface area contributed by atoms with Crippen molar-refractivity contribution in [1.82, 2.24) is 9.88 Å². The van der Waals surface area contributed by atoms with E-state index >= 15 is 0 Å². The number of hydrogen-bond donors (Lipinski definition) is 1. The highest BCUT2D eigenvalue weighted by molar-refractivity contribution is 5.80. The summed E-state index contributed by atoms with van der Waals surface area (Å²) in [7, 11) is 0. The number of para-hydroxylation sites is 1. The summed E-state index contributed by atoms with van der Waals surface area (Å²) in [6, 6.07) is 18.0. The molecule has 3 rings (SSSR count). The highest BCUT2D eigenvalue weighted by atomic mass is 16.5. The van der Waals surface area contributed by atoms with E-state index < -0.39 is 0 Å². The first kappa shape index (κ1) is 16.1. The minimum Gasteiger partial charge on any atom is -0.494 e. The summed E-state index contributed by atoms with van der Waals surface area (Å²) in [5.74, 6) is 0.872. The Morgan fingerprint density at radius 2 is 1.88 bits per heavy atom. The van der Waals surface area contributed by atoms with Crippen molar-refractivity contribution in [3.8, 4) is 5.75 Å². The number of nitrogens with one attached hydrogen (secondary N) is 1. The van der Waals surface area contributed by atoms with E-state index in [1.54, 1.807) is 0 Å². The van der Waals surface area contributed by atoms with Crippen molar-refractivity contribution in [1.29, 1.82) is 0 Å². The summed E-state index contributed by atoms with van der Waals surface area (Å²) >= 11 is 0. The normalized spacial score (nSPS) is 10.7. The number of amides is 1. The molecule has 1 heterocycles. The van der Waals surface area contributed by atoms with Gasteiger partial charge in [-0.15, -0.1) is 0 Å². The number of benzene rings is 2. The van der Waals surface area contributed by atoms with E-state index in [0.29, 0.717) is 19.6 Å². The predicted molar refractivity (Wildman–Crippen MR) is 96.3 cm³/mol. The molecule has 0 saturated heterocycles. The van der Waals surface area contributed by atoms with Crippen LogP contribution in [0.5, 0.6) is 5.75 Å². The molecule has 3 aromatic rings. The lowest BCUT2D eigenvalue weighted by atomic mass is 10.1. The molecule has 0 unspecified atom stereocenters. The lowest BCUT2D eigenvalue weighted by Crippen LogP contribution is -2.28. The smallest absolute Gasteiger partial charge is 0.224 e. The van der Waals surface area contributed by atoms with Crippen LogP contribution in [0.2, 0.25) is 0 Å². The largest absolute Gasteiger partial charge is 0.494 e. The monoisotopic (exact) mass is 322 g/mol. The van der Waals surface area contributed by atoms with Crippen LogP contribution in [0, 0.1) is 0 Å². The quantitative estimate of drug-likeness (QED) is 0.724. The van der Waals surface area contributed by atoms with Crippen LogP contribution in [0.1, 0.15) is 12.5 Å². The van der Waals surface area contributed by atoms with Crippen LogP contribution >= 0.6 is 0 Å². The fourth-order valence-electron chi connectivity index (χ4n) is 2.77. The first-order chi connectivity index (χ1) is 11.8. The second-order valence-corrected chi connectivity index (χ2v) is 5.67. The van der Waals surface area contributed by atoms with Crippen LogP contribution in [-0.4, -0.2) is 23.6 Å². The average Bonchev–Trinajstić information content (AvgIpc) is 3.00. The molecule has 24 heavy (non-hydrogen) atoms. The molecule has 0 radical (unpaired) electrons. The number of rotatable bonds is 7. The molecular weight excluding hydrogens is 300 g/mol. The van der Waals surface area contributed by atoms with Gasteiger partial charge in [0.25, 0.3) is 0 Å². The van der Waals surface area contributed by atoms with Crippen LogP contribution < -0.4 is 10.1 Å². The Morgan fingerprint density at radius 3 is 2.67 bits per heavy atom. The Hall–Kier alpha value is -2.75. The molecule has 0 atom stereocenters. The van der Waals surface area contributed by atoms with E-state index in [0.717, 1.165) is 17.9 Å². The van der Waals surface area contributed by atoms with Crippen LogP contribution in [0.15, 0.2) is 60.8 Å². The van der Waals surface area contributed by atoms with Crippen LogP contribution in [-0.2, 0) is 17.8 Å². The SMILES string of the molecule is CCOc1ccc(CC(=O)NCCn2ccc3ccccc32)cc1. The molecule has 124 valence electrons. The Labute approximate surface area is 142 Å². The van der Waals surface area contributed by atoms with Crippen molar-refractivity contribution >= 4 is 16.8 Å². The van der Waals surface area contributed by atoms with Crippen LogP contribution in [0.3, 0.4) is 0 Å². The molecule has 1 aromatic heterocycles. The second-order valence-electron chi connectivity index (χ2n) is 5.67. The summed E-state index contributed by atoms with van der Waals surface area (Å²) in [4.78, 5) is 12.1. The number of carbonyl (C=O) groups excluding carboxylic acids is 1. The third kappa shape index (κ3) is 3.96. The Kier molecular flexibility index (Phi) is 5.16. The topological polar surface area (TPSA) is 43.3 Å². The molecular formula is C20H22N2O2. The molecule has 0 bridgehead atoms. The van der Waals surface area contributed by atoms with Gasteiger partial charge in [-0.1, -0.05) is 30.3 Å². The highest BCUT2D eigenvalue weighted by Crippen LogP contribution is 2.14. The highest BCUT2D eigenvalue weighted by Gasteiger charge is 2.04. The lowest BCUT2D eigenvalue weighted by molar-refractivity contribution is -0.120. The number of aromatic nitrogens is 1. The number of nitrogens with zero attached hydrogens (tertiary/aromatic N) is 1. The standard InChI is InChI=1S/C20H22N2O2/c1-2-24-18-9-7-16(8-10-18)15-20(23)21-12-14-22-13-11-17-5-3-4-6-19(17)22/h3-11,13H,2,12,14-15H2,1H3,(H,21,23). The Bertz CT molecular complexity index is 806. The summed E-state index contributed by atoms with van der Waals surface area (Å²) in [5.41, 5.74) is 2.18. The van der Waals surface area contributed by atoms with Gasteiger partial charge in [-0.2, -0.15) is 0 Å². The maximum Gasteiger partial charge on any atom is 0.224 e. The molecule has 1 amide bonds. The van der Waals surface area contributed by atoms with Gasteiger partial charge in [0.05, 0.1) is 13.0 Å². The number of ether oxygens (including phenoxy) is 1. The fraction of sp³-hybridized carbons (Fsp3) is 0.250. The average molecular weight is 322 g/mol. The molecule has 2 aromatic carbocycles. The van der Waals surface area contributed by atoms with Crippen molar-refractivity contribution in [2.45, 2.75) is 19.9 Å². The number of hydrogen-bond acceptors (Lipinski definition) is 2. The number of carbonyl (C=O) groups is 1. The molecule has 0 saturated carbocycles. The van der Waals surface area contributed by atoms with E-state index in [4.69, 9.17) is 4.74 Å². The minimum atomic E-state index is 0.0376. The molecule has 0 aliphatic rings. The van der Waals surface area contributed by atoms with Crippen molar-refractivity contribution < 1.29 is 9.53 Å². The minimum absolute atomic E-state index is 0.0376. The zero-order valence-corrected chi connectivity index (χ0v) is 13.9. The molecule has 1 N–H and O–H groups in total. The Morgan fingerprint density at radius 1 is 1.08 bits per heavy atom. The summed E-state index contributed by atoms with van der Waals surface area (Å²) in [6.07, 6.45) is 2.45. The van der Waals surface area contributed by atoms with Gasteiger partial charge in [0.2, 0.25) is 5.91 Å². The van der Waals surface area contributed by atoms with Gasteiger partial charge in [-0.3, -0.25) is 4.79 Å². The van der Waals surface area contributed by atoms with Gasteiger partial charge in [0.1, 0.15) is 5.75 Å². The summed E-state index contributed by atoms with van der Waals surface area (Å²) in [6.45, 7) is 3.99. The second kappa shape index (κ2) is 7.68. The molecule has 0 aliphatic heterocycles. The third-order valence-corrected chi connectivity index (χ3v) is 3.95. The Balaban J connectivity index is 1.49. The van der Waals surface area contributed by atoms with E-state index in [-0.39, 0.29) is 5.91 Å². The number of fused-ring (bicyclic) bond motifs is 1. The van der Waals surface area contributed by atoms with Gasteiger partial charge >= 0.3 is 0 Å². The van der Waals surface area contributed by atoms with E-state index in [9.17, 15) is 4.79 Å². The van der Waals surface area contributed by atoms with Crippen molar-refractivity contribution in [2.75, 3.05) is 13.2 Å². The van der Waals surface area contributed by atoms with Gasteiger partial charge in [-0.25, -0.2) is 0 Å². The van der Waals surface area contributed by atoms with E-state index in [1.807, 2.05) is 43.3 Å². The van der Waals surface area contributed by atoms with Gasteiger partial charge in [-0.05, 0) is 42.1 Å². The first-order valence-electron chi connectivity index (χ1n) is 8.28. The molecule has 0 fully saturated rings. The molecule has 0 aliphatic carbocycles. The summed E-state index contributed by atoms with van der Waals surface area (Å²) < 4.78 is 7.56. The van der Waals surface area contributed by atoms with Crippen molar-refractivity contribution in [3.05, 3.63) is 66.4 Å². The lowest BCUT2D eigenvalue weighted by Gasteiger charge is -2.08.